The first-order chi connectivity index (χ1) is 9.43. The molecule has 1 aromatic rings. The maximum atomic E-state index is 10.4. The van der Waals surface area contributed by atoms with Gasteiger partial charge in [0.25, 0.3) is 0 Å². The summed E-state index contributed by atoms with van der Waals surface area (Å²) in [6.45, 7) is 8.66. The first kappa shape index (κ1) is 17.0. The second-order valence-electron chi connectivity index (χ2n) is 5.32. The van der Waals surface area contributed by atoms with Gasteiger partial charge in [-0.1, -0.05) is 6.92 Å². The summed E-state index contributed by atoms with van der Waals surface area (Å²) in [5.74, 6) is 0.869. The van der Waals surface area contributed by atoms with E-state index < -0.39 is 12.1 Å². The molecule has 0 aliphatic heterocycles. The maximum Gasteiger partial charge on any atom is 0.122 e. The van der Waals surface area contributed by atoms with Gasteiger partial charge >= 0.3 is 0 Å². The van der Waals surface area contributed by atoms with Crippen molar-refractivity contribution in [3.63, 3.8) is 0 Å². The number of benzene rings is 1. The second kappa shape index (κ2) is 7.62. The van der Waals surface area contributed by atoms with Crippen molar-refractivity contribution in [2.45, 2.75) is 52.7 Å². The SMILES string of the molecule is CCCOc1cc(C)c(C(O)C(N)CCO)c(C)c1C. The minimum Gasteiger partial charge on any atom is -0.493 e. The Morgan fingerprint density at radius 1 is 1.25 bits per heavy atom. The zero-order valence-corrected chi connectivity index (χ0v) is 12.9. The summed E-state index contributed by atoms with van der Waals surface area (Å²) in [6.07, 6.45) is 0.581. The van der Waals surface area contributed by atoms with Crippen molar-refractivity contribution < 1.29 is 14.9 Å². The van der Waals surface area contributed by atoms with Crippen LogP contribution in [0.1, 0.15) is 48.1 Å². The van der Waals surface area contributed by atoms with Gasteiger partial charge in [0.2, 0.25) is 0 Å². The largest absolute Gasteiger partial charge is 0.493 e. The van der Waals surface area contributed by atoms with Crippen molar-refractivity contribution in [1.29, 1.82) is 0 Å². The highest BCUT2D eigenvalue weighted by molar-refractivity contribution is 5.49. The Balaban J connectivity index is 3.12. The van der Waals surface area contributed by atoms with E-state index in [0.717, 1.165) is 34.4 Å². The Morgan fingerprint density at radius 2 is 1.90 bits per heavy atom. The molecule has 0 spiro atoms. The molecule has 1 aromatic carbocycles. The van der Waals surface area contributed by atoms with Crippen molar-refractivity contribution in [1.82, 2.24) is 0 Å². The number of rotatable bonds is 7. The molecule has 0 radical (unpaired) electrons. The monoisotopic (exact) mass is 281 g/mol. The highest BCUT2D eigenvalue weighted by Gasteiger charge is 2.22. The molecule has 2 unspecified atom stereocenters. The number of hydrogen-bond donors (Lipinski definition) is 3. The lowest BCUT2D eigenvalue weighted by Crippen LogP contribution is -2.30. The predicted molar refractivity (Wildman–Crippen MR) is 81.1 cm³/mol. The van der Waals surface area contributed by atoms with Gasteiger partial charge in [0.1, 0.15) is 5.75 Å². The Hall–Kier alpha value is -1.10. The average Bonchev–Trinajstić information content (AvgIpc) is 2.41. The van der Waals surface area contributed by atoms with Crippen molar-refractivity contribution in [3.05, 3.63) is 28.3 Å². The number of aryl methyl sites for hydroxylation is 1. The molecule has 4 nitrogen and oxygen atoms in total. The van der Waals surface area contributed by atoms with E-state index in [1.54, 1.807) is 0 Å². The van der Waals surface area contributed by atoms with E-state index >= 15 is 0 Å². The summed E-state index contributed by atoms with van der Waals surface area (Å²) in [6, 6.07) is 1.50. The fourth-order valence-corrected chi connectivity index (χ4v) is 2.40. The molecule has 114 valence electrons. The number of ether oxygens (including phenoxy) is 1. The van der Waals surface area contributed by atoms with Crippen molar-refractivity contribution in [2.75, 3.05) is 13.2 Å². The molecule has 4 heteroatoms. The van der Waals surface area contributed by atoms with Gasteiger partial charge in [-0.2, -0.15) is 0 Å². The molecule has 0 aliphatic carbocycles. The third-order valence-corrected chi connectivity index (χ3v) is 3.73. The second-order valence-corrected chi connectivity index (χ2v) is 5.32. The van der Waals surface area contributed by atoms with Crippen molar-refractivity contribution in [2.24, 2.45) is 5.73 Å². The first-order valence-corrected chi connectivity index (χ1v) is 7.22. The summed E-state index contributed by atoms with van der Waals surface area (Å²) >= 11 is 0. The van der Waals surface area contributed by atoms with Gasteiger partial charge in [-0.3, -0.25) is 0 Å². The van der Waals surface area contributed by atoms with Crippen LogP contribution in [0, 0.1) is 20.8 Å². The smallest absolute Gasteiger partial charge is 0.122 e. The van der Waals surface area contributed by atoms with E-state index in [1.807, 2.05) is 26.8 Å². The van der Waals surface area contributed by atoms with Gasteiger partial charge in [-0.15, -0.1) is 0 Å². The van der Waals surface area contributed by atoms with E-state index in [2.05, 4.69) is 6.92 Å². The zero-order valence-electron chi connectivity index (χ0n) is 12.9. The molecule has 0 bridgehead atoms. The van der Waals surface area contributed by atoms with E-state index in [-0.39, 0.29) is 6.61 Å². The summed E-state index contributed by atoms with van der Waals surface area (Å²) in [5, 5.41) is 19.4. The van der Waals surface area contributed by atoms with Gasteiger partial charge in [0, 0.05) is 12.6 Å². The van der Waals surface area contributed by atoms with E-state index in [0.29, 0.717) is 13.0 Å². The van der Waals surface area contributed by atoms with Crippen LogP contribution in [0.5, 0.6) is 5.75 Å². The molecule has 0 amide bonds. The Morgan fingerprint density at radius 3 is 2.45 bits per heavy atom. The molecule has 4 N–H and O–H groups in total. The van der Waals surface area contributed by atoms with Crippen LogP contribution < -0.4 is 10.5 Å². The predicted octanol–water partition coefficient (Wildman–Crippen LogP) is 2.14. The van der Waals surface area contributed by atoms with Gasteiger partial charge in [0.05, 0.1) is 12.7 Å². The number of aliphatic hydroxyl groups excluding tert-OH is 2. The molecule has 2 atom stereocenters. The fraction of sp³-hybridized carbons (Fsp3) is 0.625. The Labute approximate surface area is 121 Å². The molecule has 1 rings (SSSR count). The molecular weight excluding hydrogens is 254 g/mol. The summed E-state index contributed by atoms with van der Waals surface area (Å²) in [7, 11) is 0. The summed E-state index contributed by atoms with van der Waals surface area (Å²) in [4.78, 5) is 0. The third kappa shape index (κ3) is 3.72. The van der Waals surface area contributed by atoms with Crippen LogP contribution in [0.2, 0.25) is 0 Å². The minimum absolute atomic E-state index is 0.0208. The lowest BCUT2D eigenvalue weighted by molar-refractivity contribution is 0.128. The van der Waals surface area contributed by atoms with E-state index in [4.69, 9.17) is 15.6 Å². The lowest BCUT2D eigenvalue weighted by atomic mass is 9.90. The number of nitrogens with two attached hydrogens (primary N) is 1. The van der Waals surface area contributed by atoms with E-state index in [9.17, 15) is 5.11 Å². The number of aliphatic hydroxyl groups is 2. The van der Waals surface area contributed by atoms with Gasteiger partial charge in [0.15, 0.2) is 0 Å². The lowest BCUT2D eigenvalue weighted by Gasteiger charge is -2.24. The van der Waals surface area contributed by atoms with Crippen LogP contribution in [-0.4, -0.2) is 29.5 Å². The normalized spacial score (nSPS) is 14.2. The van der Waals surface area contributed by atoms with Crippen molar-refractivity contribution in [3.8, 4) is 5.75 Å². The molecule has 0 aliphatic rings. The summed E-state index contributed by atoms with van der Waals surface area (Å²) < 4.78 is 5.74. The molecule has 0 saturated heterocycles. The highest BCUT2D eigenvalue weighted by Crippen LogP contribution is 2.33. The van der Waals surface area contributed by atoms with Crippen LogP contribution in [0.4, 0.5) is 0 Å². The topological polar surface area (TPSA) is 75.7 Å². The average molecular weight is 281 g/mol. The van der Waals surface area contributed by atoms with Crippen LogP contribution in [0.25, 0.3) is 0 Å². The van der Waals surface area contributed by atoms with Gasteiger partial charge < -0.3 is 20.7 Å². The highest BCUT2D eigenvalue weighted by atomic mass is 16.5. The molecule has 20 heavy (non-hydrogen) atoms. The van der Waals surface area contributed by atoms with Crippen LogP contribution in [-0.2, 0) is 0 Å². The molecule has 0 aromatic heterocycles. The minimum atomic E-state index is -0.763. The molecule has 0 saturated carbocycles. The Kier molecular flexibility index (Phi) is 6.46. The van der Waals surface area contributed by atoms with Gasteiger partial charge in [-0.25, -0.2) is 0 Å². The fourth-order valence-electron chi connectivity index (χ4n) is 2.40. The standard InChI is InChI=1S/C16H27NO3/c1-5-8-20-14-9-10(2)15(12(4)11(14)3)16(19)13(17)6-7-18/h9,13,16,18-19H,5-8,17H2,1-4H3. The van der Waals surface area contributed by atoms with Crippen LogP contribution in [0.15, 0.2) is 6.07 Å². The first-order valence-electron chi connectivity index (χ1n) is 7.22. The van der Waals surface area contributed by atoms with E-state index in [1.165, 1.54) is 0 Å². The molecule has 0 heterocycles. The number of hydrogen-bond acceptors (Lipinski definition) is 4. The third-order valence-electron chi connectivity index (χ3n) is 3.73. The van der Waals surface area contributed by atoms with Crippen LogP contribution >= 0.6 is 0 Å². The Bertz CT molecular complexity index is 446. The molecule has 0 fully saturated rings. The zero-order chi connectivity index (χ0) is 15.3. The van der Waals surface area contributed by atoms with Gasteiger partial charge in [-0.05, 0) is 61.9 Å². The maximum absolute atomic E-state index is 10.4. The van der Waals surface area contributed by atoms with Crippen molar-refractivity contribution >= 4 is 0 Å². The summed E-state index contributed by atoms with van der Waals surface area (Å²) in [5.41, 5.74) is 9.80. The van der Waals surface area contributed by atoms with Crippen LogP contribution in [0.3, 0.4) is 0 Å². The molecular formula is C16H27NO3. The quantitative estimate of drug-likeness (QED) is 0.716.